The van der Waals surface area contributed by atoms with Crippen molar-refractivity contribution in [2.24, 2.45) is 0 Å². The minimum Gasteiger partial charge on any atom is -0.497 e. The smallest absolute Gasteiger partial charge is 0.254 e. The topological polar surface area (TPSA) is 48.0 Å². The van der Waals surface area contributed by atoms with E-state index in [1.165, 1.54) is 0 Å². The maximum atomic E-state index is 12.7. The summed E-state index contributed by atoms with van der Waals surface area (Å²) >= 11 is 0. The van der Waals surface area contributed by atoms with Gasteiger partial charge in [-0.15, -0.1) is 0 Å². The molecule has 1 aromatic carbocycles. The molecule has 1 amide bonds. The number of likely N-dealkylation sites (tertiary alicyclic amines) is 1. The Bertz CT molecular complexity index is 481. The molecule has 5 heteroatoms. The number of hydrogen-bond donors (Lipinski definition) is 0. The van der Waals surface area contributed by atoms with Gasteiger partial charge in [0.05, 0.1) is 20.3 Å². The molecule has 1 atom stereocenters. The summed E-state index contributed by atoms with van der Waals surface area (Å²) in [5.74, 6) is 1.25. The lowest BCUT2D eigenvalue weighted by atomic mass is 10.1. The van der Waals surface area contributed by atoms with E-state index in [2.05, 4.69) is 6.92 Å². The van der Waals surface area contributed by atoms with Crippen molar-refractivity contribution in [3.63, 3.8) is 0 Å². The highest BCUT2D eigenvalue weighted by atomic mass is 16.5. The van der Waals surface area contributed by atoms with Crippen LogP contribution in [0.15, 0.2) is 18.2 Å². The third kappa shape index (κ3) is 4.13. The molecule has 22 heavy (non-hydrogen) atoms. The third-order valence-corrected chi connectivity index (χ3v) is 3.82. The number of amides is 1. The van der Waals surface area contributed by atoms with Crippen molar-refractivity contribution >= 4 is 5.91 Å². The molecule has 0 aromatic heterocycles. The van der Waals surface area contributed by atoms with Crippen molar-refractivity contribution in [2.45, 2.75) is 32.3 Å². The average molecular weight is 307 g/mol. The van der Waals surface area contributed by atoms with E-state index in [9.17, 15) is 4.79 Å². The highest BCUT2D eigenvalue weighted by molar-refractivity contribution is 5.95. The van der Waals surface area contributed by atoms with Crippen LogP contribution in [-0.4, -0.2) is 50.8 Å². The van der Waals surface area contributed by atoms with E-state index in [1.54, 1.807) is 32.4 Å². The van der Waals surface area contributed by atoms with Crippen LogP contribution in [0.1, 0.15) is 36.5 Å². The van der Waals surface area contributed by atoms with Crippen molar-refractivity contribution in [3.05, 3.63) is 23.8 Å². The van der Waals surface area contributed by atoms with Crippen LogP contribution >= 0.6 is 0 Å². The number of benzene rings is 1. The molecule has 1 aliphatic heterocycles. The largest absolute Gasteiger partial charge is 0.497 e. The molecule has 1 heterocycles. The van der Waals surface area contributed by atoms with Crippen LogP contribution in [0.4, 0.5) is 0 Å². The Labute approximate surface area is 132 Å². The normalized spacial score (nSPS) is 18.1. The van der Waals surface area contributed by atoms with Crippen molar-refractivity contribution < 1.29 is 19.0 Å². The molecule has 1 unspecified atom stereocenters. The quantitative estimate of drug-likeness (QED) is 0.811. The summed E-state index contributed by atoms with van der Waals surface area (Å²) in [6.07, 6.45) is 3.13. The van der Waals surface area contributed by atoms with Crippen LogP contribution in [0.2, 0.25) is 0 Å². The Morgan fingerprint density at radius 2 is 1.91 bits per heavy atom. The lowest BCUT2D eigenvalue weighted by Crippen LogP contribution is -2.43. The molecule has 0 radical (unpaired) electrons. The lowest BCUT2D eigenvalue weighted by molar-refractivity contribution is 0.00210. The molecular formula is C17H25NO4. The zero-order valence-electron chi connectivity index (χ0n) is 13.6. The number of hydrogen-bond acceptors (Lipinski definition) is 4. The van der Waals surface area contributed by atoms with E-state index in [0.717, 1.165) is 32.4 Å². The Morgan fingerprint density at radius 1 is 1.23 bits per heavy atom. The van der Waals surface area contributed by atoms with Gasteiger partial charge in [-0.1, -0.05) is 6.92 Å². The van der Waals surface area contributed by atoms with Crippen LogP contribution in [0.3, 0.4) is 0 Å². The van der Waals surface area contributed by atoms with Gasteiger partial charge in [0.25, 0.3) is 5.91 Å². The monoisotopic (exact) mass is 307 g/mol. The van der Waals surface area contributed by atoms with Crippen molar-refractivity contribution in [1.82, 2.24) is 4.90 Å². The summed E-state index contributed by atoms with van der Waals surface area (Å²) in [4.78, 5) is 14.6. The Balaban J connectivity index is 2.09. The second-order valence-electron chi connectivity index (χ2n) is 5.49. The number of carbonyl (C=O) groups is 1. The van der Waals surface area contributed by atoms with Crippen molar-refractivity contribution in [1.29, 1.82) is 0 Å². The second kappa shape index (κ2) is 8.03. The Hall–Kier alpha value is -1.75. The minimum absolute atomic E-state index is 0.00185. The molecule has 0 N–H and O–H groups in total. The Morgan fingerprint density at radius 3 is 2.50 bits per heavy atom. The fourth-order valence-corrected chi connectivity index (χ4v) is 2.66. The second-order valence-corrected chi connectivity index (χ2v) is 5.49. The van der Waals surface area contributed by atoms with Crippen LogP contribution in [0.25, 0.3) is 0 Å². The van der Waals surface area contributed by atoms with Gasteiger partial charge in [-0.05, 0) is 31.4 Å². The summed E-state index contributed by atoms with van der Waals surface area (Å²) in [5.41, 5.74) is 0.590. The van der Waals surface area contributed by atoms with Gasteiger partial charge < -0.3 is 19.1 Å². The zero-order chi connectivity index (χ0) is 15.9. The van der Waals surface area contributed by atoms with Gasteiger partial charge >= 0.3 is 0 Å². The van der Waals surface area contributed by atoms with Crippen molar-refractivity contribution in [2.75, 3.05) is 33.9 Å². The van der Waals surface area contributed by atoms with Gasteiger partial charge in [0.1, 0.15) is 11.5 Å². The summed E-state index contributed by atoms with van der Waals surface area (Å²) < 4.78 is 16.3. The van der Waals surface area contributed by atoms with Gasteiger partial charge in [0, 0.05) is 31.3 Å². The first-order chi connectivity index (χ1) is 10.7. The maximum Gasteiger partial charge on any atom is 0.254 e. The lowest BCUT2D eigenvalue weighted by Gasteiger charge is -2.32. The molecule has 122 valence electrons. The molecule has 1 saturated heterocycles. The van der Waals surface area contributed by atoms with Gasteiger partial charge in [-0.25, -0.2) is 0 Å². The minimum atomic E-state index is 0.00185. The summed E-state index contributed by atoms with van der Waals surface area (Å²) in [5, 5.41) is 0. The summed E-state index contributed by atoms with van der Waals surface area (Å²) in [7, 11) is 3.16. The van der Waals surface area contributed by atoms with Crippen LogP contribution in [0, 0.1) is 0 Å². The predicted molar refractivity (Wildman–Crippen MR) is 84.7 cm³/mol. The molecule has 1 fully saturated rings. The number of carbonyl (C=O) groups excluding carboxylic acids is 1. The molecular weight excluding hydrogens is 282 g/mol. The van der Waals surface area contributed by atoms with Gasteiger partial charge in [0.15, 0.2) is 0 Å². The van der Waals surface area contributed by atoms with Gasteiger partial charge in [-0.2, -0.15) is 0 Å². The average Bonchev–Trinajstić information content (AvgIpc) is 2.58. The molecule has 0 bridgehead atoms. The fraction of sp³-hybridized carbons (Fsp3) is 0.588. The zero-order valence-corrected chi connectivity index (χ0v) is 13.6. The van der Waals surface area contributed by atoms with E-state index in [-0.39, 0.29) is 12.0 Å². The highest BCUT2D eigenvalue weighted by Crippen LogP contribution is 2.24. The Kier molecular flexibility index (Phi) is 6.07. The molecule has 5 nitrogen and oxygen atoms in total. The fourth-order valence-electron chi connectivity index (χ4n) is 2.66. The third-order valence-electron chi connectivity index (χ3n) is 3.82. The number of methoxy groups -OCH3 is 2. The first-order valence-corrected chi connectivity index (χ1v) is 7.81. The van der Waals surface area contributed by atoms with E-state index in [1.807, 2.05) is 4.90 Å². The van der Waals surface area contributed by atoms with Crippen LogP contribution in [0.5, 0.6) is 11.5 Å². The molecule has 1 aromatic rings. The predicted octanol–water partition coefficient (Wildman–Crippen LogP) is 2.74. The molecule has 2 rings (SSSR count). The van der Waals surface area contributed by atoms with E-state index in [0.29, 0.717) is 23.6 Å². The number of piperidine rings is 1. The van der Waals surface area contributed by atoms with Gasteiger partial charge in [0.2, 0.25) is 0 Å². The van der Waals surface area contributed by atoms with E-state index in [4.69, 9.17) is 14.2 Å². The van der Waals surface area contributed by atoms with E-state index >= 15 is 0 Å². The van der Waals surface area contributed by atoms with Crippen molar-refractivity contribution in [3.8, 4) is 11.5 Å². The number of nitrogens with zero attached hydrogens (tertiary/aromatic N) is 1. The van der Waals surface area contributed by atoms with E-state index < -0.39 is 0 Å². The highest BCUT2D eigenvalue weighted by Gasteiger charge is 2.25. The first-order valence-electron chi connectivity index (χ1n) is 7.81. The first kappa shape index (κ1) is 16.6. The maximum absolute atomic E-state index is 12.7. The molecule has 1 aliphatic rings. The number of rotatable bonds is 6. The van der Waals surface area contributed by atoms with Crippen LogP contribution in [-0.2, 0) is 4.74 Å². The molecule has 0 spiro atoms. The SMILES string of the molecule is CCCOC1CCCN(C(=O)c2cc(OC)cc(OC)c2)C1. The summed E-state index contributed by atoms with van der Waals surface area (Å²) in [6.45, 7) is 4.26. The number of ether oxygens (including phenoxy) is 3. The molecule has 0 aliphatic carbocycles. The van der Waals surface area contributed by atoms with Crippen LogP contribution < -0.4 is 9.47 Å². The van der Waals surface area contributed by atoms with Gasteiger partial charge in [-0.3, -0.25) is 4.79 Å². The molecule has 0 saturated carbocycles. The summed E-state index contributed by atoms with van der Waals surface area (Å²) in [6, 6.07) is 5.27. The standard InChI is InChI=1S/C17H25NO4/c1-4-8-22-14-6-5-7-18(12-14)17(19)13-9-15(20-2)11-16(10-13)21-3/h9-11,14H,4-8,12H2,1-3H3.